The minimum Gasteiger partial charge on any atom is -0.497 e. The van der Waals surface area contributed by atoms with E-state index < -0.39 is 6.04 Å². The number of hydrogen-bond donors (Lipinski definition) is 3. The van der Waals surface area contributed by atoms with Gasteiger partial charge in [0.2, 0.25) is 5.91 Å². The van der Waals surface area contributed by atoms with Gasteiger partial charge in [-0.3, -0.25) is 4.79 Å². The van der Waals surface area contributed by atoms with E-state index in [0.29, 0.717) is 5.92 Å². The highest BCUT2D eigenvalue weighted by Crippen LogP contribution is 2.38. The van der Waals surface area contributed by atoms with E-state index in [1.165, 1.54) is 5.01 Å². The van der Waals surface area contributed by atoms with Gasteiger partial charge in [-0.2, -0.15) is 0 Å². The van der Waals surface area contributed by atoms with Crippen molar-refractivity contribution in [2.45, 2.75) is 65.5 Å². The van der Waals surface area contributed by atoms with Crippen molar-refractivity contribution in [2.75, 3.05) is 20.8 Å². The highest BCUT2D eigenvalue weighted by Gasteiger charge is 2.38. The van der Waals surface area contributed by atoms with Gasteiger partial charge in [0, 0.05) is 37.5 Å². The van der Waals surface area contributed by atoms with Crippen molar-refractivity contribution in [3.05, 3.63) is 35.1 Å². The van der Waals surface area contributed by atoms with Gasteiger partial charge in [-0.15, -0.1) is 11.3 Å². The maximum atomic E-state index is 13.6. The number of methoxy groups -OCH3 is 1. The molecule has 8 nitrogen and oxygen atoms in total. The van der Waals surface area contributed by atoms with Crippen molar-refractivity contribution < 1.29 is 14.6 Å². The van der Waals surface area contributed by atoms with Gasteiger partial charge in [-0.25, -0.2) is 10.8 Å². The number of hydrogen-bond acceptors (Lipinski definition) is 8. The van der Waals surface area contributed by atoms with Crippen molar-refractivity contribution in [1.29, 1.82) is 0 Å². The molecule has 2 aromatic rings. The summed E-state index contributed by atoms with van der Waals surface area (Å²) in [7, 11) is 2.65. The van der Waals surface area contributed by atoms with E-state index in [1.807, 2.05) is 50.8 Å². The molecule has 2 fully saturated rings. The second kappa shape index (κ2) is 12.9. The van der Waals surface area contributed by atoms with Crippen molar-refractivity contribution >= 4 is 27.5 Å². The average molecular weight is 492 g/mol. The molecule has 0 bridgehead atoms. The number of carbonyl (C=O) groups is 1. The number of ether oxygens (including phenoxy) is 1. The summed E-state index contributed by atoms with van der Waals surface area (Å²) in [5, 5.41) is 9.50. The fraction of sp³-hybridized carbons (Fsp3) is 0.600. The third kappa shape index (κ3) is 6.40. The Morgan fingerprint density at radius 3 is 2.56 bits per heavy atom. The van der Waals surface area contributed by atoms with Crippen LogP contribution in [-0.2, 0) is 4.79 Å². The summed E-state index contributed by atoms with van der Waals surface area (Å²) in [5.41, 5.74) is 7.84. The summed E-state index contributed by atoms with van der Waals surface area (Å²) < 4.78 is 6.42. The van der Waals surface area contributed by atoms with Crippen LogP contribution in [0.5, 0.6) is 5.75 Å². The summed E-state index contributed by atoms with van der Waals surface area (Å²) in [5.74, 6) is 7.65. The van der Waals surface area contributed by atoms with E-state index in [2.05, 4.69) is 0 Å². The minimum atomic E-state index is -0.447. The molecule has 1 aliphatic carbocycles. The minimum absolute atomic E-state index is 0.0136. The standard InChI is InChI=1S/C22H31N5O2S.C2H6.CH4O/c1-13(2)20(27(24)12-16(23)14-6-7-14)22(28)26-10-4-5-18(26)21-25-17-11-15(29-3)8-9-19(17)30-21;2*1-2/h8-9,11-14,18,20H,4-7,10,23-24H2,1-3H3;1-2H3;2H,1H3/b16-12-;;. The SMILES string of the molecule is CC.CO.COc1ccc2sc(C3CCCN3C(=O)C(C(C)C)N(N)/C=C(\N)C3CC3)nc2c1. The molecule has 34 heavy (non-hydrogen) atoms. The molecule has 1 amide bonds. The number of aliphatic hydroxyl groups is 1. The molecule has 2 heterocycles. The van der Waals surface area contributed by atoms with Crippen molar-refractivity contribution in [1.82, 2.24) is 14.9 Å². The Bertz CT molecular complexity index is 957. The fourth-order valence-electron chi connectivity index (χ4n) is 4.18. The van der Waals surface area contributed by atoms with Crippen LogP contribution in [0, 0.1) is 11.8 Å². The van der Waals surface area contributed by atoms with E-state index >= 15 is 0 Å². The van der Waals surface area contributed by atoms with Crippen LogP contribution >= 0.6 is 11.3 Å². The Morgan fingerprint density at radius 2 is 1.97 bits per heavy atom. The van der Waals surface area contributed by atoms with E-state index in [9.17, 15) is 4.79 Å². The number of allylic oxidation sites excluding steroid dienone is 1. The zero-order valence-corrected chi connectivity index (χ0v) is 22.1. The van der Waals surface area contributed by atoms with Gasteiger partial charge >= 0.3 is 0 Å². The number of likely N-dealkylation sites (tertiary alicyclic amines) is 1. The van der Waals surface area contributed by atoms with Crippen LogP contribution in [0.3, 0.4) is 0 Å². The van der Waals surface area contributed by atoms with Crippen LogP contribution in [0.2, 0.25) is 0 Å². The van der Waals surface area contributed by atoms with Gasteiger partial charge in [0.25, 0.3) is 0 Å². The molecule has 1 aromatic heterocycles. The van der Waals surface area contributed by atoms with Crippen molar-refractivity contribution in [3.8, 4) is 5.75 Å². The zero-order valence-electron chi connectivity index (χ0n) is 21.3. The molecule has 1 aliphatic heterocycles. The van der Waals surface area contributed by atoms with E-state index in [1.54, 1.807) is 24.6 Å². The smallest absolute Gasteiger partial charge is 0.247 e. The van der Waals surface area contributed by atoms with Gasteiger partial charge in [0.15, 0.2) is 0 Å². The van der Waals surface area contributed by atoms with Gasteiger partial charge < -0.3 is 25.5 Å². The second-order valence-corrected chi connectivity index (χ2v) is 9.68. The first-order valence-corrected chi connectivity index (χ1v) is 12.9. The summed E-state index contributed by atoms with van der Waals surface area (Å²) in [6.07, 6.45) is 5.85. The number of nitrogens with two attached hydrogens (primary N) is 2. The fourth-order valence-corrected chi connectivity index (χ4v) is 5.28. The van der Waals surface area contributed by atoms with Crippen LogP contribution in [0.25, 0.3) is 10.2 Å². The Morgan fingerprint density at radius 1 is 1.29 bits per heavy atom. The molecule has 2 unspecified atom stereocenters. The molecule has 9 heteroatoms. The molecule has 4 rings (SSSR count). The predicted molar refractivity (Wildman–Crippen MR) is 139 cm³/mol. The molecule has 2 atom stereocenters. The molecular formula is C25H41N5O3S. The number of fused-ring (bicyclic) bond motifs is 1. The molecule has 5 N–H and O–H groups in total. The lowest BCUT2D eigenvalue weighted by molar-refractivity contribution is -0.138. The number of aromatic nitrogens is 1. The van der Waals surface area contributed by atoms with Crippen molar-refractivity contribution in [2.24, 2.45) is 23.4 Å². The highest BCUT2D eigenvalue weighted by atomic mass is 32.1. The molecule has 0 radical (unpaired) electrons. The molecular weight excluding hydrogens is 450 g/mol. The third-order valence-corrected chi connectivity index (χ3v) is 7.12. The average Bonchev–Trinajstić information content (AvgIpc) is 3.43. The van der Waals surface area contributed by atoms with E-state index in [-0.39, 0.29) is 17.9 Å². The third-order valence-electron chi connectivity index (χ3n) is 5.98. The number of benzene rings is 1. The number of hydrazine groups is 1. The largest absolute Gasteiger partial charge is 0.497 e. The number of amides is 1. The monoisotopic (exact) mass is 491 g/mol. The van der Waals surface area contributed by atoms with Gasteiger partial charge in [-0.1, -0.05) is 27.7 Å². The zero-order chi connectivity index (χ0) is 25.4. The lowest BCUT2D eigenvalue weighted by Gasteiger charge is -2.34. The highest BCUT2D eigenvalue weighted by molar-refractivity contribution is 7.18. The number of thiazole rings is 1. The molecule has 2 aliphatic rings. The number of carbonyl (C=O) groups excluding carboxylic acids is 1. The summed E-state index contributed by atoms with van der Waals surface area (Å²) >= 11 is 1.65. The molecule has 0 spiro atoms. The molecule has 1 saturated carbocycles. The summed E-state index contributed by atoms with van der Waals surface area (Å²) in [6, 6.07) is 5.46. The topological polar surface area (TPSA) is 118 Å². The van der Waals surface area contributed by atoms with Crippen LogP contribution in [0.1, 0.15) is 64.4 Å². The van der Waals surface area contributed by atoms with Crippen LogP contribution in [-0.4, -0.2) is 52.7 Å². The maximum absolute atomic E-state index is 13.6. The summed E-state index contributed by atoms with van der Waals surface area (Å²) in [4.78, 5) is 20.4. The Kier molecular flexibility index (Phi) is 10.6. The lowest BCUT2D eigenvalue weighted by Crippen LogP contribution is -2.52. The molecule has 1 aromatic carbocycles. The normalized spacial score (nSPS) is 18.7. The van der Waals surface area contributed by atoms with Crippen molar-refractivity contribution in [3.63, 3.8) is 0 Å². The number of aliphatic hydroxyl groups excluding tert-OH is 1. The lowest BCUT2D eigenvalue weighted by atomic mass is 10.0. The first kappa shape index (κ1) is 27.9. The molecule has 1 saturated heterocycles. The van der Waals surface area contributed by atoms with Gasteiger partial charge in [-0.05, 0) is 43.7 Å². The second-order valence-electron chi connectivity index (χ2n) is 8.61. The van der Waals surface area contributed by atoms with Gasteiger partial charge in [0.1, 0.15) is 16.8 Å². The Labute approximate surface area is 207 Å². The quantitative estimate of drug-likeness (QED) is 0.395. The van der Waals surface area contributed by atoms with Gasteiger partial charge in [0.05, 0.1) is 23.4 Å². The molecule has 190 valence electrons. The summed E-state index contributed by atoms with van der Waals surface area (Å²) in [6.45, 7) is 8.78. The predicted octanol–water partition coefficient (Wildman–Crippen LogP) is 4.01. The first-order valence-electron chi connectivity index (χ1n) is 12.1. The van der Waals surface area contributed by atoms with Crippen LogP contribution in [0.15, 0.2) is 30.1 Å². The number of nitrogens with zero attached hydrogens (tertiary/aromatic N) is 3. The van der Waals surface area contributed by atoms with E-state index in [0.717, 1.165) is 66.0 Å². The van der Waals surface area contributed by atoms with Crippen LogP contribution < -0.4 is 16.3 Å². The Hall–Kier alpha value is -2.36. The van der Waals surface area contributed by atoms with E-state index in [4.69, 9.17) is 26.4 Å². The Balaban J connectivity index is 0.000000970. The van der Waals surface area contributed by atoms with Crippen LogP contribution in [0.4, 0.5) is 0 Å². The number of rotatable bonds is 7. The first-order chi connectivity index (χ1) is 16.4. The maximum Gasteiger partial charge on any atom is 0.247 e.